The van der Waals surface area contributed by atoms with E-state index in [4.69, 9.17) is 27.9 Å². The van der Waals surface area contributed by atoms with Crippen molar-refractivity contribution in [3.63, 3.8) is 0 Å². The zero-order valence-corrected chi connectivity index (χ0v) is 13.5. The molecule has 0 aliphatic rings. The Morgan fingerprint density at radius 2 is 1.83 bits per heavy atom. The van der Waals surface area contributed by atoms with Crippen molar-refractivity contribution >= 4 is 41.2 Å². The highest BCUT2D eigenvalue weighted by molar-refractivity contribution is 6.42. The van der Waals surface area contributed by atoms with Crippen molar-refractivity contribution in [1.29, 1.82) is 0 Å². The molecule has 0 spiro atoms. The van der Waals surface area contributed by atoms with E-state index in [1.165, 1.54) is 0 Å². The predicted molar refractivity (Wildman–Crippen MR) is 90.8 cm³/mol. The maximum atomic E-state index is 11.7. The molecule has 2 amide bonds. The molecule has 0 bridgehead atoms. The van der Waals surface area contributed by atoms with Gasteiger partial charge in [-0.1, -0.05) is 23.2 Å². The van der Waals surface area contributed by atoms with Crippen LogP contribution in [0.25, 0.3) is 0 Å². The third-order valence-electron chi connectivity index (χ3n) is 2.85. The zero-order valence-electron chi connectivity index (χ0n) is 12.0. The van der Waals surface area contributed by atoms with Crippen molar-refractivity contribution < 1.29 is 14.3 Å². The van der Waals surface area contributed by atoms with E-state index in [1.54, 1.807) is 42.5 Å². The minimum atomic E-state index is -0.372. The van der Waals surface area contributed by atoms with Gasteiger partial charge in [0.15, 0.2) is 0 Å². The van der Waals surface area contributed by atoms with Crippen LogP contribution < -0.4 is 15.4 Å². The van der Waals surface area contributed by atoms with Crippen molar-refractivity contribution in [2.24, 2.45) is 0 Å². The highest BCUT2D eigenvalue weighted by atomic mass is 35.5. The smallest absolute Gasteiger partial charge is 0.319 e. The molecule has 0 radical (unpaired) electrons. The second kappa shape index (κ2) is 8.41. The van der Waals surface area contributed by atoms with Crippen LogP contribution in [0.15, 0.2) is 42.5 Å². The summed E-state index contributed by atoms with van der Waals surface area (Å²) in [4.78, 5) is 22.2. The Kier molecular flexibility index (Phi) is 6.26. The van der Waals surface area contributed by atoms with E-state index in [0.29, 0.717) is 40.2 Å². The monoisotopic (exact) mass is 352 g/mol. The van der Waals surface area contributed by atoms with Gasteiger partial charge in [-0.25, -0.2) is 4.79 Å². The molecule has 2 aromatic carbocycles. The first-order valence-electron chi connectivity index (χ1n) is 6.76. The van der Waals surface area contributed by atoms with Gasteiger partial charge in [-0.15, -0.1) is 0 Å². The molecule has 0 heterocycles. The Morgan fingerprint density at radius 3 is 2.48 bits per heavy atom. The van der Waals surface area contributed by atoms with Crippen molar-refractivity contribution in [3.05, 3.63) is 58.1 Å². The van der Waals surface area contributed by atoms with E-state index in [2.05, 4.69) is 10.6 Å². The van der Waals surface area contributed by atoms with Crippen LogP contribution in [0.2, 0.25) is 10.0 Å². The van der Waals surface area contributed by atoms with Gasteiger partial charge in [0.1, 0.15) is 18.6 Å². The van der Waals surface area contributed by atoms with Gasteiger partial charge < -0.3 is 15.4 Å². The zero-order chi connectivity index (χ0) is 16.7. The highest BCUT2D eigenvalue weighted by Gasteiger charge is 2.04. The minimum absolute atomic E-state index is 0.301. The van der Waals surface area contributed by atoms with Crippen molar-refractivity contribution in [2.45, 2.75) is 0 Å². The summed E-state index contributed by atoms with van der Waals surface area (Å²) >= 11 is 11.7. The molecule has 7 heteroatoms. The lowest BCUT2D eigenvalue weighted by Gasteiger charge is -2.09. The molecule has 120 valence electrons. The Hall–Kier alpha value is -2.24. The molecule has 0 saturated heterocycles. The first kappa shape index (κ1) is 17.1. The number of ether oxygens (including phenoxy) is 1. The van der Waals surface area contributed by atoms with Crippen LogP contribution in [0, 0.1) is 0 Å². The average Bonchev–Trinajstić information content (AvgIpc) is 2.55. The van der Waals surface area contributed by atoms with Gasteiger partial charge >= 0.3 is 6.03 Å². The predicted octanol–water partition coefficient (Wildman–Crippen LogP) is 4.01. The molecule has 2 rings (SSSR count). The number of rotatable bonds is 6. The van der Waals surface area contributed by atoms with Gasteiger partial charge in [-0.05, 0) is 42.5 Å². The molecule has 0 aliphatic heterocycles. The Bertz CT molecular complexity index is 690. The summed E-state index contributed by atoms with van der Waals surface area (Å²) in [6.07, 6.45) is 0.763. The van der Waals surface area contributed by atoms with E-state index >= 15 is 0 Å². The molecule has 23 heavy (non-hydrogen) atoms. The molecular formula is C16H14Cl2N2O3. The van der Waals surface area contributed by atoms with E-state index in [-0.39, 0.29) is 6.03 Å². The van der Waals surface area contributed by atoms with Crippen molar-refractivity contribution in [1.82, 2.24) is 5.32 Å². The number of aldehydes is 1. The summed E-state index contributed by atoms with van der Waals surface area (Å²) in [5, 5.41) is 6.08. The second-order valence-corrected chi connectivity index (χ2v) is 5.36. The van der Waals surface area contributed by atoms with Crippen LogP contribution in [0.3, 0.4) is 0 Å². The van der Waals surface area contributed by atoms with Gasteiger partial charge in [-0.2, -0.15) is 0 Å². The molecule has 2 aromatic rings. The second-order valence-electron chi connectivity index (χ2n) is 4.55. The number of amides is 2. The first-order valence-corrected chi connectivity index (χ1v) is 7.52. The van der Waals surface area contributed by atoms with Gasteiger partial charge in [0.2, 0.25) is 0 Å². The van der Waals surface area contributed by atoms with Crippen LogP contribution in [0.4, 0.5) is 10.5 Å². The topological polar surface area (TPSA) is 67.4 Å². The molecule has 0 aromatic heterocycles. The fourth-order valence-electron chi connectivity index (χ4n) is 1.73. The lowest BCUT2D eigenvalue weighted by Crippen LogP contribution is -2.32. The molecule has 2 N–H and O–H groups in total. The maximum Gasteiger partial charge on any atom is 0.319 e. The number of halogens is 2. The summed E-state index contributed by atoms with van der Waals surface area (Å²) in [5.74, 6) is 0.627. The number of anilines is 1. The van der Waals surface area contributed by atoms with Crippen LogP contribution in [0.5, 0.6) is 5.75 Å². The summed E-state index contributed by atoms with van der Waals surface area (Å²) in [7, 11) is 0. The molecular weight excluding hydrogens is 339 g/mol. The molecule has 5 nitrogen and oxygen atoms in total. The number of hydrogen-bond donors (Lipinski definition) is 2. The number of carbonyl (C=O) groups excluding carboxylic acids is 2. The summed E-state index contributed by atoms with van der Waals surface area (Å²) in [5.41, 5.74) is 1.12. The van der Waals surface area contributed by atoms with E-state index in [0.717, 1.165) is 6.29 Å². The Morgan fingerprint density at radius 1 is 1.09 bits per heavy atom. The number of carbonyl (C=O) groups is 2. The van der Waals surface area contributed by atoms with E-state index in [9.17, 15) is 9.59 Å². The van der Waals surface area contributed by atoms with E-state index in [1.807, 2.05) is 0 Å². The molecule has 0 fully saturated rings. The number of benzene rings is 2. The van der Waals surface area contributed by atoms with Crippen LogP contribution in [-0.2, 0) is 0 Å². The standard InChI is InChI=1S/C16H14Cl2N2O3/c17-14-6-3-12(9-15(14)18)20-16(22)19-7-8-23-13-4-1-11(10-21)2-5-13/h1-6,9-10H,7-8H2,(H2,19,20,22). The quantitative estimate of drug-likeness (QED) is 0.609. The minimum Gasteiger partial charge on any atom is -0.492 e. The van der Waals surface area contributed by atoms with E-state index < -0.39 is 0 Å². The fourth-order valence-corrected chi connectivity index (χ4v) is 2.02. The Balaban J connectivity index is 1.71. The molecule has 0 saturated carbocycles. The summed E-state index contributed by atoms with van der Waals surface area (Å²) in [6.45, 7) is 0.623. The maximum absolute atomic E-state index is 11.7. The van der Waals surface area contributed by atoms with Gasteiger partial charge in [-0.3, -0.25) is 4.79 Å². The van der Waals surface area contributed by atoms with Crippen LogP contribution in [-0.4, -0.2) is 25.5 Å². The third kappa shape index (κ3) is 5.47. The highest BCUT2D eigenvalue weighted by Crippen LogP contribution is 2.24. The molecule has 0 atom stereocenters. The van der Waals surface area contributed by atoms with Crippen molar-refractivity contribution in [2.75, 3.05) is 18.5 Å². The van der Waals surface area contributed by atoms with Crippen LogP contribution in [0.1, 0.15) is 10.4 Å². The number of nitrogens with one attached hydrogen (secondary N) is 2. The first-order chi connectivity index (χ1) is 11.1. The Labute approximate surface area is 143 Å². The SMILES string of the molecule is O=Cc1ccc(OCCNC(=O)Nc2ccc(Cl)c(Cl)c2)cc1. The number of urea groups is 1. The average molecular weight is 353 g/mol. The van der Waals surface area contributed by atoms with Gasteiger partial charge in [0.25, 0.3) is 0 Å². The number of hydrogen-bond acceptors (Lipinski definition) is 3. The largest absolute Gasteiger partial charge is 0.492 e. The molecule has 0 aliphatic carbocycles. The van der Waals surface area contributed by atoms with Gasteiger partial charge in [0.05, 0.1) is 16.6 Å². The lowest BCUT2D eigenvalue weighted by molar-refractivity contribution is 0.112. The normalized spacial score (nSPS) is 10.0. The van der Waals surface area contributed by atoms with Gasteiger partial charge in [0, 0.05) is 11.3 Å². The summed E-state index contributed by atoms with van der Waals surface area (Å²) in [6, 6.07) is 11.2. The van der Waals surface area contributed by atoms with Crippen molar-refractivity contribution in [3.8, 4) is 5.75 Å². The lowest BCUT2D eigenvalue weighted by atomic mass is 10.2. The fraction of sp³-hybridized carbons (Fsp3) is 0.125. The third-order valence-corrected chi connectivity index (χ3v) is 3.59. The summed E-state index contributed by atoms with van der Waals surface area (Å²) < 4.78 is 5.44. The molecule has 0 unspecified atom stereocenters. The van der Waals surface area contributed by atoms with Crippen LogP contribution >= 0.6 is 23.2 Å².